The summed E-state index contributed by atoms with van der Waals surface area (Å²) in [6.45, 7) is 0.948. The monoisotopic (exact) mass is 417 g/mol. The highest BCUT2D eigenvalue weighted by Crippen LogP contribution is 2.24. The summed E-state index contributed by atoms with van der Waals surface area (Å²) in [5.74, 6) is 0.226. The Morgan fingerprint density at radius 2 is 2.07 bits per heavy atom. The third kappa shape index (κ3) is 5.86. The second kappa shape index (κ2) is 9.80. The molecule has 29 heavy (non-hydrogen) atoms. The summed E-state index contributed by atoms with van der Waals surface area (Å²) in [7, 11) is 0. The van der Waals surface area contributed by atoms with E-state index >= 15 is 0 Å². The van der Waals surface area contributed by atoms with Crippen LogP contribution in [0.1, 0.15) is 29.2 Å². The number of nitrogens with zero attached hydrogens (tertiary/aromatic N) is 2. The lowest BCUT2D eigenvalue weighted by Gasteiger charge is -2.11. The van der Waals surface area contributed by atoms with E-state index in [1.165, 1.54) is 24.3 Å². The van der Waals surface area contributed by atoms with Gasteiger partial charge in [-0.05, 0) is 49.3 Å². The molecule has 0 aliphatic heterocycles. The number of allylic oxidation sites excluding steroid dienone is 3. The molecule has 0 fully saturated rings. The van der Waals surface area contributed by atoms with Crippen molar-refractivity contribution in [3.05, 3.63) is 64.4 Å². The summed E-state index contributed by atoms with van der Waals surface area (Å²) in [5, 5.41) is 19.2. The van der Waals surface area contributed by atoms with E-state index in [4.69, 9.17) is 33.6 Å². The standard InChI is InChI=1S/C20H17ClFN3O4/c1-3-14(22)18(8-11(2)21)29-13-6-4-12(5-7-13)20-24-15(17(27)10-26)9-16(25-20)19(23)28/h1,4-9,17,26-27H,10H2,2H3,(H2,23,28). The fraction of sp³-hybridized carbons (Fsp3) is 0.150. The number of halogens is 2. The summed E-state index contributed by atoms with van der Waals surface area (Å²) in [4.78, 5) is 19.7. The van der Waals surface area contributed by atoms with Crippen molar-refractivity contribution in [2.24, 2.45) is 5.73 Å². The maximum absolute atomic E-state index is 13.8. The van der Waals surface area contributed by atoms with E-state index in [2.05, 4.69) is 9.97 Å². The van der Waals surface area contributed by atoms with Gasteiger partial charge in [0.2, 0.25) is 5.83 Å². The fourth-order valence-electron chi connectivity index (χ4n) is 2.17. The van der Waals surface area contributed by atoms with E-state index in [0.29, 0.717) is 5.56 Å². The zero-order valence-electron chi connectivity index (χ0n) is 15.3. The predicted octanol–water partition coefficient (Wildman–Crippen LogP) is 2.60. The smallest absolute Gasteiger partial charge is 0.267 e. The molecule has 0 aliphatic carbocycles. The molecule has 4 N–H and O–H groups in total. The van der Waals surface area contributed by atoms with Crippen molar-refractivity contribution in [1.82, 2.24) is 9.97 Å². The molecule has 0 bridgehead atoms. The minimum absolute atomic E-state index is 0.0377. The van der Waals surface area contributed by atoms with E-state index in [0.717, 1.165) is 0 Å². The summed E-state index contributed by atoms with van der Waals surface area (Å²) >= 11 is 5.76. The van der Waals surface area contributed by atoms with Crippen LogP contribution in [0.2, 0.25) is 0 Å². The molecule has 0 aliphatic rings. The van der Waals surface area contributed by atoms with E-state index in [1.54, 1.807) is 19.1 Å². The number of nitrogens with two attached hydrogens (primary N) is 1. The molecular weight excluding hydrogens is 401 g/mol. The Kier molecular flexibility index (Phi) is 7.45. The molecule has 150 valence electrons. The van der Waals surface area contributed by atoms with E-state index in [1.807, 2.05) is 5.92 Å². The highest BCUT2D eigenvalue weighted by Gasteiger charge is 2.16. The molecule has 0 radical (unpaired) electrons. The molecule has 1 amide bonds. The molecule has 1 unspecified atom stereocenters. The van der Waals surface area contributed by atoms with Crippen LogP contribution in [0.5, 0.6) is 5.75 Å². The minimum Gasteiger partial charge on any atom is -0.454 e. The first-order chi connectivity index (χ1) is 13.7. The third-order valence-corrected chi connectivity index (χ3v) is 3.64. The van der Waals surface area contributed by atoms with E-state index in [9.17, 15) is 14.3 Å². The Bertz CT molecular complexity index is 1010. The first-order valence-electron chi connectivity index (χ1n) is 8.21. The Morgan fingerprint density at radius 1 is 1.41 bits per heavy atom. The Hall–Kier alpha value is -3.25. The Labute approximate surface area is 171 Å². The van der Waals surface area contributed by atoms with Crippen LogP contribution in [0.4, 0.5) is 4.39 Å². The maximum Gasteiger partial charge on any atom is 0.267 e. The van der Waals surface area contributed by atoms with Crippen molar-refractivity contribution in [1.29, 1.82) is 0 Å². The lowest BCUT2D eigenvalue weighted by molar-refractivity contribution is 0.0916. The highest BCUT2D eigenvalue weighted by atomic mass is 35.5. The van der Waals surface area contributed by atoms with Gasteiger partial charge in [0, 0.05) is 10.6 Å². The van der Waals surface area contributed by atoms with Gasteiger partial charge in [0.25, 0.3) is 5.91 Å². The normalized spacial score (nSPS) is 13.3. The zero-order valence-corrected chi connectivity index (χ0v) is 16.0. The van der Waals surface area contributed by atoms with Crippen LogP contribution >= 0.6 is 11.6 Å². The van der Waals surface area contributed by atoms with Gasteiger partial charge in [-0.15, -0.1) is 6.42 Å². The second-order valence-corrected chi connectivity index (χ2v) is 6.34. The van der Waals surface area contributed by atoms with E-state index in [-0.39, 0.29) is 33.8 Å². The van der Waals surface area contributed by atoms with Crippen LogP contribution in [0, 0.1) is 12.3 Å². The second-order valence-electron chi connectivity index (χ2n) is 5.74. The number of benzene rings is 1. The number of ether oxygens (including phenoxy) is 1. The van der Waals surface area contributed by atoms with Gasteiger partial charge in [-0.2, -0.15) is 4.39 Å². The van der Waals surface area contributed by atoms with Crippen LogP contribution in [0.25, 0.3) is 11.4 Å². The van der Waals surface area contributed by atoms with Crippen molar-refractivity contribution in [2.45, 2.75) is 13.0 Å². The molecule has 7 nitrogen and oxygen atoms in total. The molecule has 2 aromatic rings. The Morgan fingerprint density at radius 3 is 2.59 bits per heavy atom. The molecule has 9 heteroatoms. The lowest BCUT2D eigenvalue weighted by atomic mass is 10.1. The number of aliphatic hydroxyl groups is 2. The van der Waals surface area contributed by atoms with Gasteiger partial charge in [-0.25, -0.2) is 9.97 Å². The zero-order chi connectivity index (χ0) is 21.6. The van der Waals surface area contributed by atoms with Gasteiger partial charge in [-0.3, -0.25) is 4.79 Å². The van der Waals surface area contributed by atoms with Gasteiger partial charge >= 0.3 is 0 Å². The number of aromatic nitrogens is 2. The molecule has 0 saturated carbocycles. The van der Waals surface area contributed by atoms with Crippen molar-refractivity contribution >= 4 is 17.5 Å². The number of rotatable bonds is 7. The van der Waals surface area contributed by atoms with Crippen LogP contribution in [0.15, 0.2) is 53.0 Å². The minimum atomic E-state index is -1.30. The Balaban J connectivity index is 2.40. The van der Waals surface area contributed by atoms with Crippen LogP contribution in [0.3, 0.4) is 0 Å². The molecular formula is C20H17ClFN3O4. The lowest BCUT2D eigenvalue weighted by Crippen LogP contribution is -2.16. The average molecular weight is 418 g/mol. The van der Waals surface area contributed by atoms with Gasteiger partial charge in [0.15, 0.2) is 11.6 Å². The number of carbonyl (C=O) groups is 1. The number of hydrogen-bond donors (Lipinski definition) is 3. The van der Waals surface area contributed by atoms with Crippen molar-refractivity contribution in [2.75, 3.05) is 6.61 Å². The molecule has 1 aromatic heterocycles. The van der Waals surface area contributed by atoms with Gasteiger partial charge in [0.05, 0.1) is 12.3 Å². The molecule has 0 spiro atoms. The summed E-state index contributed by atoms with van der Waals surface area (Å²) in [6, 6.07) is 7.29. The number of amides is 1. The van der Waals surface area contributed by atoms with Gasteiger partial charge < -0.3 is 20.7 Å². The summed E-state index contributed by atoms with van der Waals surface area (Å²) in [5.41, 5.74) is 5.64. The molecule has 2 rings (SSSR count). The van der Waals surface area contributed by atoms with Crippen LogP contribution in [-0.2, 0) is 0 Å². The fourth-order valence-corrected chi connectivity index (χ4v) is 2.27. The number of aliphatic hydroxyl groups excluding tert-OH is 2. The molecule has 1 atom stereocenters. The molecule has 0 saturated heterocycles. The van der Waals surface area contributed by atoms with Gasteiger partial charge in [-0.1, -0.05) is 11.6 Å². The van der Waals surface area contributed by atoms with Crippen molar-refractivity contribution < 1.29 is 24.1 Å². The number of hydrogen-bond acceptors (Lipinski definition) is 6. The van der Waals surface area contributed by atoms with E-state index < -0.39 is 24.4 Å². The summed E-state index contributed by atoms with van der Waals surface area (Å²) < 4.78 is 19.2. The summed E-state index contributed by atoms with van der Waals surface area (Å²) in [6.07, 6.45) is 5.00. The SMILES string of the molecule is C#CC(F)=C(C=C(C)Cl)Oc1ccc(-c2nc(C(N)=O)cc(C(O)CO)n2)cc1. The molecule has 1 aromatic carbocycles. The number of carbonyl (C=O) groups excluding carboxylic acids is 1. The first kappa shape index (κ1) is 22.0. The van der Waals surface area contributed by atoms with Crippen molar-refractivity contribution in [3.8, 4) is 29.5 Å². The van der Waals surface area contributed by atoms with Crippen molar-refractivity contribution in [3.63, 3.8) is 0 Å². The molecule has 1 heterocycles. The number of terminal acetylenes is 1. The topological polar surface area (TPSA) is 119 Å². The largest absolute Gasteiger partial charge is 0.454 e. The average Bonchev–Trinajstić information content (AvgIpc) is 2.71. The van der Waals surface area contributed by atoms with Gasteiger partial charge in [0.1, 0.15) is 17.5 Å². The van der Waals surface area contributed by atoms with Crippen LogP contribution < -0.4 is 10.5 Å². The quantitative estimate of drug-likeness (QED) is 0.362. The van der Waals surface area contributed by atoms with Crippen LogP contribution in [-0.4, -0.2) is 32.7 Å². The maximum atomic E-state index is 13.8. The predicted molar refractivity (Wildman–Crippen MR) is 105 cm³/mol. The first-order valence-corrected chi connectivity index (χ1v) is 8.59. The third-order valence-electron chi connectivity index (χ3n) is 3.53. The highest BCUT2D eigenvalue weighted by molar-refractivity contribution is 6.29. The number of primary amides is 1.